The molecule has 0 atom stereocenters. The number of aromatic nitrogens is 1. The quantitative estimate of drug-likeness (QED) is 0.911. The van der Waals surface area contributed by atoms with Crippen LogP contribution in [0.2, 0.25) is 0 Å². The molecule has 0 unspecified atom stereocenters. The number of hydrogen-bond acceptors (Lipinski definition) is 3. The molecule has 2 aromatic rings. The molecule has 1 aliphatic carbocycles. The first-order valence-electron chi connectivity index (χ1n) is 6.62. The molecule has 1 fully saturated rings. The summed E-state index contributed by atoms with van der Waals surface area (Å²) in [7, 11) is 0. The second-order valence-electron chi connectivity index (χ2n) is 4.87. The van der Waals surface area contributed by atoms with Crippen LogP contribution in [-0.4, -0.2) is 10.2 Å². The average Bonchev–Trinajstić information content (AvgIpc) is 2.91. The molecule has 0 amide bonds. The minimum atomic E-state index is 0.576. The lowest BCUT2D eigenvalue weighted by molar-refractivity contribution is 0.886. The number of fused-ring (bicyclic) bond motifs is 1. The zero-order valence-corrected chi connectivity index (χ0v) is 11.2. The highest BCUT2D eigenvalue weighted by atomic mass is 32.2. The Bertz CT molecular complexity index is 547. The Kier molecular flexibility index (Phi) is 3.52. The van der Waals surface area contributed by atoms with Gasteiger partial charge in [0, 0.05) is 17.2 Å². The maximum absolute atomic E-state index is 5.86. The van der Waals surface area contributed by atoms with Crippen molar-refractivity contribution in [1.29, 1.82) is 0 Å². The van der Waals surface area contributed by atoms with Crippen LogP contribution in [0.3, 0.4) is 0 Å². The summed E-state index contributed by atoms with van der Waals surface area (Å²) < 4.78 is 0. The molecule has 1 aromatic carbocycles. The van der Waals surface area contributed by atoms with Crippen molar-refractivity contribution in [2.45, 2.75) is 42.5 Å². The van der Waals surface area contributed by atoms with E-state index in [0.29, 0.717) is 6.54 Å². The van der Waals surface area contributed by atoms with Gasteiger partial charge in [-0.25, -0.2) is 4.98 Å². The first kappa shape index (κ1) is 12.0. The zero-order chi connectivity index (χ0) is 12.4. The molecule has 1 aromatic heterocycles. The van der Waals surface area contributed by atoms with Crippen molar-refractivity contribution in [3.05, 3.63) is 35.9 Å². The average molecular weight is 258 g/mol. The smallest absolute Gasteiger partial charge is 0.101 e. The van der Waals surface area contributed by atoms with Gasteiger partial charge in [-0.3, -0.25) is 0 Å². The van der Waals surface area contributed by atoms with Gasteiger partial charge in [0.2, 0.25) is 0 Å². The number of hydrogen-bond donors (Lipinski definition) is 1. The van der Waals surface area contributed by atoms with E-state index in [4.69, 9.17) is 10.7 Å². The lowest BCUT2D eigenvalue weighted by atomic mass is 10.1. The first-order chi connectivity index (χ1) is 8.86. The highest BCUT2D eigenvalue weighted by Crippen LogP contribution is 2.36. The Morgan fingerprint density at radius 3 is 2.78 bits per heavy atom. The van der Waals surface area contributed by atoms with Crippen LogP contribution in [0, 0.1) is 0 Å². The fourth-order valence-corrected chi connectivity index (χ4v) is 3.88. The fraction of sp³-hybridized carbons (Fsp3) is 0.400. The SMILES string of the molecule is NCc1cc2ccccc2nc1SC1CCCC1. The van der Waals surface area contributed by atoms with E-state index in [1.807, 2.05) is 23.9 Å². The van der Waals surface area contributed by atoms with Crippen molar-refractivity contribution in [1.82, 2.24) is 4.98 Å². The number of thioether (sulfide) groups is 1. The van der Waals surface area contributed by atoms with Gasteiger partial charge in [0.15, 0.2) is 0 Å². The Morgan fingerprint density at radius 2 is 2.00 bits per heavy atom. The van der Waals surface area contributed by atoms with Gasteiger partial charge in [-0.15, -0.1) is 11.8 Å². The summed E-state index contributed by atoms with van der Waals surface area (Å²) in [6, 6.07) is 10.5. The molecule has 3 rings (SSSR count). The fourth-order valence-electron chi connectivity index (χ4n) is 2.55. The molecule has 0 radical (unpaired) electrons. The summed E-state index contributed by atoms with van der Waals surface area (Å²) in [5, 5.41) is 3.07. The normalized spacial score (nSPS) is 16.5. The highest BCUT2D eigenvalue weighted by Gasteiger charge is 2.18. The van der Waals surface area contributed by atoms with Crippen LogP contribution >= 0.6 is 11.8 Å². The molecule has 0 bridgehead atoms. The van der Waals surface area contributed by atoms with Crippen LogP contribution in [0.5, 0.6) is 0 Å². The molecule has 0 saturated heterocycles. The maximum Gasteiger partial charge on any atom is 0.101 e. The van der Waals surface area contributed by atoms with Gasteiger partial charge in [-0.1, -0.05) is 31.0 Å². The molecule has 94 valence electrons. The molecular formula is C15H18N2S. The van der Waals surface area contributed by atoms with Gasteiger partial charge in [0.25, 0.3) is 0 Å². The van der Waals surface area contributed by atoms with E-state index in [-0.39, 0.29) is 0 Å². The number of rotatable bonds is 3. The van der Waals surface area contributed by atoms with Crippen molar-refractivity contribution in [2.24, 2.45) is 5.73 Å². The Hall–Kier alpha value is -1.06. The van der Waals surface area contributed by atoms with Gasteiger partial charge >= 0.3 is 0 Å². The molecular weight excluding hydrogens is 240 g/mol. The standard InChI is InChI=1S/C15H18N2S/c16-10-12-9-11-5-1-4-8-14(11)17-15(12)18-13-6-2-3-7-13/h1,4-5,8-9,13H,2-3,6-7,10,16H2. The highest BCUT2D eigenvalue weighted by molar-refractivity contribution is 7.99. The topological polar surface area (TPSA) is 38.9 Å². The number of para-hydroxylation sites is 1. The molecule has 0 aliphatic heterocycles. The summed E-state index contributed by atoms with van der Waals surface area (Å²) in [5.74, 6) is 0. The van der Waals surface area contributed by atoms with Gasteiger partial charge < -0.3 is 5.73 Å². The summed E-state index contributed by atoms with van der Waals surface area (Å²) in [5.41, 5.74) is 8.13. The van der Waals surface area contributed by atoms with Crippen LogP contribution in [-0.2, 0) is 6.54 Å². The van der Waals surface area contributed by atoms with E-state index in [0.717, 1.165) is 15.8 Å². The van der Waals surface area contributed by atoms with Crippen molar-refractivity contribution in [3.8, 4) is 0 Å². The molecule has 2 N–H and O–H groups in total. The summed E-state index contributed by atoms with van der Waals surface area (Å²) in [6.07, 6.45) is 5.37. The van der Waals surface area contributed by atoms with Crippen LogP contribution in [0.15, 0.2) is 35.4 Å². The van der Waals surface area contributed by atoms with Gasteiger partial charge in [-0.2, -0.15) is 0 Å². The summed E-state index contributed by atoms with van der Waals surface area (Å²) >= 11 is 1.93. The van der Waals surface area contributed by atoms with E-state index in [9.17, 15) is 0 Å². The van der Waals surface area contributed by atoms with Crippen molar-refractivity contribution < 1.29 is 0 Å². The summed E-state index contributed by atoms with van der Waals surface area (Å²) in [6.45, 7) is 0.576. The van der Waals surface area contributed by atoms with Crippen molar-refractivity contribution in [2.75, 3.05) is 0 Å². The first-order valence-corrected chi connectivity index (χ1v) is 7.50. The number of benzene rings is 1. The number of nitrogens with zero attached hydrogens (tertiary/aromatic N) is 1. The predicted molar refractivity (Wildman–Crippen MR) is 77.7 cm³/mol. The maximum atomic E-state index is 5.86. The van der Waals surface area contributed by atoms with Crippen LogP contribution < -0.4 is 5.73 Å². The largest absolute Gasteiger partial charge is 0.326 e. The molecule has 3 heteroatoms. The minimum Gasteiger partial charge on any atom is -0.326 e. The molecule has 2 nitrogen and oxygen atoms in total. The van der Waals surface area contributed by atoms with Crippen LogP contribution in [0.1, 0.15) is 31.2 Å². The Balaban J connectivity index is 1.97. The minimum absolute atomic E-state index is 0.576. The second kappa shape index (κ2) is 5.29. The van der Waals surface area contributed by atoms with E-state index >= 15 is 0 Å². The third kappa shape index (κ3) is 2.38. The lowest BCUT2D eigenvalue weighted by Crippen LogP contribution is -2.03. The van der Waals surface area contributed by atoms with Crippen molar-refractivity contribution >= 4 is 22.7 Å². The summed E-state index contributed by atoms with van der Waals surface area (Å²) in [4.78, 5) is 4.79. The second-order valence-corrected chi connectivity index (χ2v) is 6.16. The van der Waals surface area contributed by atoms with E-state index in [1.165, 1.54) is 36.6 Å². The number of nitrogens with two attached hydrogens (primary N) is 1. The Labute approximate surface area is 112 Å². The molecule has 1 saturated carbocycles. The molecule has 0 spiro atoms. The third-order valence-corrected chi connectivity index (χ3v) is 4.95. The van der Waals surface area contributed by atoms with E-state index in [1.54, 1.807) is 0 Å². The molecule has 1 heterocycles. The van der Waals surface area contributed by atoms with E-state index < -0.39 is 0 Å². The van der Waals surface area contributed by atoms with Crippen molar-refractivity contribution in [3.63, 3.8) is 0 Å². The third-order valence-electron chi connectivity index (χ3n) is 3.56. The predicted octanol–water partition coefficient (Wildman–Crippen LogP) is 3.73. The van der Waals surface area contributed by atoms with E-state index in [2.05, 4.69) is 18.2 Å². The van der Waals surface area contributed by atoms with Gasteiger partial charge in [0.1, 0.15) is 5.03 Å². The monoisotopic (exact) mass is 258 g/mol. The number of pyridine rings is 1. The van der Waals surface area contributed by atoms with Crippen LogP contribution in [0.4, 0.5) is 0 Å². The van der Waals surface area contributed by atoms with Crippen LogP contribution in [0.25, 0.3) is 10.9 Å². The Morgan fingerprint density at radius 1 is 1.22 bits per heavy atom. The zero-order valence-electron chi connectivity index (χ0n) is 10.4. The van der Waals surface area contributed by atoms with Gasteiger partial charge in [-0.05, 0) is 30.5 Å². The molecule has 18 heavy (non-hydrogen) atoms. The molecule has 1 aliphatic rings. The van der Waals surface area contributed by atoms with Gasteiger partial charge in [0.05, 0.1) is 5.52 Å². The lowest BCUT2D eigenvalue weighted by Gasteiger charge is -2.12.